The number of rotatable bonds is 7. The first-order valence-corrected chi connectivity index (χ1v) is 7.37. The van der Waals surface area contributed by atoms with Crippen molar-refractivity contribution in [2.45, 2.75) is 39.4 Å². The summed E-state index contributed by atoms with van der Waals surface area (Å²) in [5, 5.41) is 15.3. The molecule has 2 amide bonds. The quantitative estimate of drug-likeness (QED) is 0.723. The topological polar surface area (TPSA) is 70.6 Å². The van der Waals surface area contributed by atoms with Gasteiger partial charge in [0.25, 0.3) is 0 Å². The third kappa shape index (κ3) is 6.30. The number of aliphatic hydroxyl groups is 1. The molecule has 1 aromatic rings. The molecule has 0 spiro atoms. The molecule has 0 saturated carbocycles. The van der Waals surface area contributed by atoms with Gasteiger partial charge in [-0.05, 0) is 44.0 Å². The van der Waals surface area contributed by atoms with Gasteiger partial charge in [-0.1, -0.05) is 13.8 Å². The van der Waals surface area contributed by atoms with Crippen LogP contribution in [0.3, 0.4) is 0 Å². The number of amides is 2. The molecule has 0 aliphatic heterocycles. The molecule has 6 heteroatoms. The van der Waals surface area contributed by atoms with Crippen molar-refractivity contribution >= 4 is 6.03 Å². The number of benzene rings is 1. The molecule has 0 bridgehead atoms. The van der Waals surface area contributed by atoms with Crippen LogP contribution < -0.4 is 15.4 Å². The molecule has 3 N–H and O–H groups in total. The molecular weight excluding hydrogens is 287 g/mol. The third-order valence-corrected chi connectivity index (χ3v) is 3.55. The van der Waals surface area contributed by atoms with E-state index in [-0.39, 0.29) is 30.4 Å². The van der Waals surface area contributed by atoms with Gasteiger partial charge >= 0.3 is 6.03 Å². The van der Waals surface area contributed by atoms with E-state index in [9.17, 15) is 14.3 Å². The Morgan fingerprint density at radius 1 is 1.27 bits per heavy atom. The molecule has 0 heterocycles. The van der Waals surface area contributed by atoms with Gasteiger partial charge in [-0.25, -0.2) is 9.18 Å². The van der Waals surface area contributed by atoms with Crippen molar-refractivity contribution in [3.63, 3.8) is 0 Å². The lowest BCUT2D eigenvalue weighted by atomic mass is 9.93. The van der Waals surface area contributed by atoms with E-state index in [2.05, 4.69) is 10.6 Å². The van der Waals surface area contributed by atoms with Gasteiger partial charge in [-0.2, -0.15) is 0 Å². The number of halogens is 1. The summed E-state index contributed by atoms with van der Waals surface area (Å²) in [4.78, 5) is 11.7. The summed E-state index contributed by atoms with van der Waals surface area (Å²) in [5.41, 5.74) is -0.951. The van der Waals surface area contributed by atoms with E-state index in [0.29, 0.717) is 12.3 Å². The van der Waals surface area contributed by atoms with Gasteiger partial charge in [0, 0.05) is 6.54 Å². The average molecular weight is 312 g/mol. The Morgan fingerprint density at radius 2 is 1.86 bits per heavy atom. The third-order valence-electron chi connectivity index (χ3n) is 3.55. The number of nitrogens with one attached hydrogen (secondary N) is 2. The van der Waals surface area contributed by atoms with Gasteiger partial charge in [0.15, 0.2) is 0 Å². The molecule has 0 radical (unpaired) electrons. The van der Waals surface area contributed by atoms with Crippen LogP contribution in [0.25, 0.3) is 0 Å². The molecule has 2 unspecified atom stereocenters. The van der Waals surface area contributed by atoms with Crippen LogP contribution in [0.4, 0.5) is 9.18 Å². The van der Waals surface area contributed by atoms with Gasteiger partial charge in [0.1, 0.15) is 17.7 Å². The molecule has 2 atom stereocenters. The molecule has 1 aromatic carbocycles. The Hall–Kier alpha value is -1.82. The van der Waals surface area contributed by atoms with Gasteiger partial charge in [-0.3, -0.25) is 0 Å². The standard InChI is InChI=1S/C16H25FN2O3/c1-11(2)16(4,21)10-19-15(20)18-9-12(3)22-14-7-5-13(17)6-8-14/h5-8,11-12,21H,9-10H2,1-4H3,(H2,18,19,20). The molecule has 0 fully saturated rings. The molecule has 5 nitrogen and oxygen atoms in total. The van der Waals surface area contributed by atoms with Gasteiger partial charge in [0.2, 0.25) is 0 Å². The molecule has 0 aliphatic carbocycles. The van der Waals surface area contributed by atoms with E-state index in [4.69, 9.17) is 4.74 Å². The Morgan fingerprint density at radius 3 is 2.41 bits per heavy atom. The SMILES string of the molecule is CC(CNC(=O)NCC(C)(O)C(C)C)Oc1ccc(F)cc1. The predicted octanol–water partition coefficient (Wildman–Crippen LogP) is 2.30. The lowest BCUT2D eigenvalue weighted by Crippen LogP contribution is -2.48. The van der Waals surface area contributed by atoms with E-state index in [1.807, 2.05) is 13.8 Å². The second-order valence-corrected chi connectivity index (χ2v) is 5.96. The van der Waals surface area contributed by atoms with E-state index in [1.54, 1.807) is 13.8 Å². The zero-order valence-electron chi connectivity index (χ0n) is 13.5. The summed E-state index contributed by atoms with van der Waals surface area (Å²) >= 11 is 0. The second kappa shape index (κ2) is 7.98. The largest absolute Gasteiger partial charge is 0.489 e. The molecule has 0 saturated heterocycles. The van der Waals surface area contributed by atoms with E-state index < -0.39 is 5.60 Å². The minimum atomic E-state index is -0.951. The summed E-state index contributed by atoms with van der Waals surface area (Å²) < 4.78 is 18.3. The number of hydrogen-bond acceptors (Lipinski definition) is 3. The predicted molar refractivity (Wildman–Crippen MR) is 83.4 cm³/mol. The highest BCUT2D eigenvalue weighted by atomic mass is 19.1. The van der Waals surface area contributed by atoms with Crippen LogP contribution in [0.1, 0.15) is 27.7 Å². The first kappa shape index (κ1) is 18.2. The lowest BCUT2D eigenvalue weighted by molar-refractivity contribution is 0.0165. The second-order valence-electron chi connectivity index (χ2n) is 5.96. The Bertz CT molecular complexity index is 475. The minimum absolute atomic E-state index is 0.0357. The van der Waals surface area contributed by atoms with Crippen LogP contribution in [0.2, 0.25) is 0 Å². The van der Waals surface area contributed by atoms with Crippen molar-refractivity contribution in [2.24, 2.45) is 5.92 Å². The van der Waals surface area contributed by atoms with Crippen molar-refractivity contribution in [2.75, 3.05) is 13.1 Å². The molecule has 1 rings (SSSR count). The molecular formula is C16H25FN2O3. The highest BCUT2D eigenvalue weighted by Crippen LogP contribution is 2.14. The summed E-state index contributed by atoms with van der Waals surface area (Å²) in [6.07, 6.45) is -0.262. The Balaban J connectivity index is 2.30. The van der Waals surface area contributed by atoms with Crippen LogP contribution in [0.5, 0.6) is 5.75 Å². The minimum Gasteiger partial charge on any atom is -0.489 e. The number of urea groups is 1. The molecule has 0 aromatic heterocycles. The van der Waals surface area contributed by atoms with Gasteiger partial charge in [-0.15, -0.1) is 0 Å². The maximum atomic E-state index is 12.8. The first-order chi connectivity index (χ1) is 10.2. The van der Waals surface area contributed by atoms with Crippen molar-refractivity contribution in [3.8, 4) is 5.75 Å². The summed E-state index contributed by atoms with van der Waals surface area (Å²) in [7, 11) is 0. The monoisotopic (exact) mass is 312 g/mol. The van der Waals surface area contributed by atoms with Crippen LogP contribution in [-0.4, -0.2) is 35.9 Å². The molecule has 22 heavy (non-hydrogen) atoms. The van der Waals surface area contributed by atoms with Crippen molar-refractivity contribution in [1.82, 2.24) is 10.6 Å². The van der Waals surface area contributed by atoms with Crippen LogP contribution >= 0.6 is 0 Å². The lowest BCUT2D eigenvalue weighted by Gasteiger charge is -2.27. The fraction of sp³-hybridized carbons (Fsp3) is 0.562. The molecule has 0 aliphatic rings. The first-order valence-electron chi connectivity index (χ1n) is 7.37. The molecule has 124 valence electrons. The van der Waals surface area contributed by atoms with Crippen LogP contribution in [0, 0.1) is 11.7 Å². The maximum Gasteiger partial charge on any atom is 0.315 e. The van der Waals surface area contributed by atoms with E-state index in [0.717, 1.165) is 0 Å². The Kier molecular flexibility index (Phi) is 6.61. The fourth-order valence-corrected chi connectivity index (χ4v) is 1.55. The number of carbonyl (C=O) groups excluding carboxylic acids is 1. The highest BCUT2D eigenvalue weighted by Gasteiger charge is 2.25. The highest BCUT2D eigenvalue weighted by molar-refractivity contribution is 5.73. The number of carbonyl (C=O) groups is 1. The maximum absolute atomic E-state index is 12.8. The van der Waals surface area contributed by atoms with E-state index >= 15 is 0 Å². The summed E-state index contributed by atoms with van der Waals surface area (Å²) in [5.74, 6) is 0.252. The number of ether oxygens (including phenoxy) is 1. The van der Waals surface area contributed by atoms with Crippen molar-refractivity contribution in [3.05, 3.63) is 30.1 Å². The average Bonchev–Trinajstić information content (AvgIpc) is 2.45. The zero-order valence-corrected chi connectivity index (χ0v) is 13.5. The number of hydrogen-bond donors (Lipinski definition) is 3. The fourth-order valence-electron chi connectivity index (χ4n) is 1.55. The van der Waals surface area contributed by atoms with Crippen molar-refractivity contribution < 1.29 is 19.0 Å². The van der Waals surface area contributed by atoms with Crippen LogP contribution in [0.15, 0.2) is 24.3 Å². The van der Waals surface area contributed by atoms with Crippen molar-refractivity contribution in [1.29, 1.82) is 0 Å². The summed E-state index contributed by atoms with van der Waals surface area (Å²) in [6.45, 7) is 7.72. The Labute approximate surface area is 130 Å². The summed E-state index contributed by atoms with van der Waals surface area (Å²) in [6, 6.07) is 5.33. The normalized spacial score (nSPS) is 15.0. The van der Waals surface area contributed by atoms with Gasteiger partial charge < -0.3 is 20.5 Å². The van der Waals surface area contributed by atoms with Gasteiger partial charge in [0.05, 0.1) is 12.1 Å². The zero-order chi connectivity index (χ0) is 16.8. The smallest absolute Gasteiger partial charge is 0.315 e. The van der Waals surface area contributed by atoms with Crippen LogP contribution in [-0.2, 0) is 0 Å². The van der Waals surface area contributed by atoms with E-state index in [1.165, 1.54) is 24.3 Å².